The van der Waals surface area contributed by atoms with Crippen molar-refractivity contribution in [3.05, 3.63) is 48.6 Å². The van der Waals surface area contributed by atoms with E-state index in [1.165, 1.54) is 141 Å². The van der Waals surface area contributed by atoms with E-state index in [9.17, 15) is 0 Å². The van der Waals surface area contributed by atoms with E-state index in [1.807, 2.05) is 0 Å². The number of rotatable bonds is 31. The monoisotopic (exact) mass is 654 g/mol. The average molecular weight is 654 g/mol. The zero-order valence-corrected chi connectivity index (χ0v) is 31.9. The van der Waals surface area contributed by atoms with E-state index >= 15 is 0 Å². The molecule has 0 radical (unpaired) electrons. The Morgan fingerprint density at radius 3 is 1.17 bits per heavy atom. The molecule has 0 N–H and O–H groups in total. The van der Waals surface area contributed by atoms with Gasteiger partial charge in [0.1, 0.15) is 0 Å². The molecule has 0 bridgehead atoms. The van der Waals surface area contributed by atoms with Crippen molar-refractivity contribution in [2.75, 3.05) is 14.1 Å². The first-order chi connectivity index (χ1) is 23.1. The van der Waals surface area contributed by atoms with E-state index in [0.29, 0.717) is 18.2 Å². The van der Waals surface area contributed by atoms with Crippen LogP contribution in [-0.2, 0) is 9.47 Å². The molecular weight excluding hydrogens is 574 g/mol. The second kappa shape index (κ2) is 28.7. The molecule has 1 aliphatic carbocycles. The maximum atomic E-state index is 6.83. The van der Waals surface area contributed by atoms with Crippen molar-refractivity contribution in [1.82, 2.24) is 4.90 Å². The van der Waals surface area contributed by atoms with Gasteiger partial charge >= 0.3 is 0 Å². The lowest BCUT2D eigenvalue weighted by atomic mass is 9.98. The van der Waals surface area contributed by atoms with Gasteiger partial charge in [0, 0.05) is 18.9 Å². The molecule has 0 aromatic carbocycles. The van der Waals surface area contributed by atoms with Crippen molar-refractivity contribution in [1.29, 1.82) is 0 Å². The summed E-state index contributed by atoms with van der Waals surface area (Å²) in [5.41, 5.74) is 0. The Balaban J connectivity index is 1.55. The lowest BCUT2D eigenvalue weighted by Gasteiger charge is -2.31. The number of hydrogen-bond acceptors (Lipinski definition) is 3. The van der Waals surface area contributed by atoms with Gasteiger partial charge in [0.25, 0.3) is 0 Å². The van der Waals surface area contributed by atoms with Crippen LogP contribution in [0.4, 0.5) is 0 Å². The molecule has 2 fully saturated rings. The average Bonchev–Trinajstić information content (AvgIpc) is 3.61. The lowest BCUT2D eigenvalue weighted by Crippen LogP contribution is -2.34. The predicted molar refractivity (Wildman–Crippen MR) is 207 cm³/mol. The van der Waals surface area contributed by atoms with Gasteiger partial charge in [-0.1, -0.05) is 140 Å². The molecule has 1 aliphatic heterocycles. The van der Waals surface area contributed by atoms with E-state index in [4.69, 9.17) is 9.47 Å². The van der Waals surface area contributed by atoms with E-state index in [2.05, 4.69) is 81.5 Å². The van der Waals surface area contributed by atoms with Gasteiger partial charge in [0.15, 0.2) is 5.79 Å². The lowest BCUT2D eigenvalue weighted by molar-refractivity contribution is -0.193. The quantitative estimate of drug-likeness (QED) is 0.0549. The van der Waals surface area contributed by atoms with Gasteiger partial charge in [-0.3, -0.25) is 0 Å². The second-order valence-corrected chi connectivity index (χ2v) is 15.0. The van der Waals surface area contributed by atoms with Crippen LogP contribution in [0.25, 0.3) is 0 Å². The molecule has 2 aliphatic rings. The Morgan fingerprint density at radius 1 is 0.468 bits per heavy atom. The molecule has 0 spiro atoms. The number of ether oxygens (including phenoxy) is 2. The maximum absolute atomic E-state index is 6.83. The molecule has 1 saturated heterocycles. The van der Waals surface area contributed by atoms with Crippen LogP contribution in [0.3, 0.4) is 0 Å². The Kier molecular flexibility index (Phi) is 25.6. The first-order valence-electron chi connectivity index (χ1n) is 20.7. The first-order valence-corrected chi connectivity index (χ1v) is 20.7. The Bertz CT molecular complexity index is 763. The van der Waals surface area contributed by atoms with Crippen molar-refractivity contribution >= 4 is 0 Å². The van der Waals surface area contributed by atoms with Crippen LogP contribution in [-0.4, -0.2) is 43.0 Å². The highest BCUT2D eigenvalue weighted by Gasteiger charge is 2.51. The molecule has 3 nitrogen and oxygen atoms in total. The Morgan fingerprint density at radius 2 is 0.809 bits per heavy atom. The van der Waals surface area contributed by atoms with Crippen molar-refractivity contribution < 1.29 is 9.47 Å². The largest absolute Gasteiger partial charge is 0.344 e. The standard InChI is InChI=1S/C44H79NO2/c1-5-7-9-11-13-15-17-19-21-23-25-27-29-31-33-35-37-44(46-42-39-41(45(3)4)40-43(42)47-44)38-36-34-32-30-28-26-24-22-20-18-16-14-12-10-8-6-2/h13-16,19-22,41-43H,5-12,17-18,23-40H2,1-4H3/b15-13-,16-14-,21-19-,22-20-/t41?,42-,43+. The fourth-order valence-corrected chi connectivity index (χ4v) is 7.31. The number of fused-ring (bicyclic) bond motifs is 1. The maximum Gasteiger partial charge on any atom is 0.169 e. The van der Waals surface area contributed by atoms with Crippen molar-refractivity contribution in [2.24, 2.45) is 0 Å². The minimum absolute atomic E-state index is 0.302. The molecule has 1 saturated carbocycles. The fraction of sp³-hybridized carbons (Fsp3) is 0.818. The third kappa shape index (κ3) is 20.8. The summed E-state index contributed by atoms with van der Waals surface area (Å²) in [5, 5.41) is 0. The number of allylic oxidation sites excluding steroid dienone is 8. The molecule has 1 heterocycles. The number of nitrogens with zero attached hydrogens (tertiary/aromatic N) is 1. The third-order valence-electron chi connectivity index (χ3n) is 10.4. The molecule has 1 unspecified atom stereocenters. The summed E-state index contributed by atoms with van der Waals surface area (Å²) in [4.78, 5) is 2.36. The van der Waals surface area contributed by atoms with E-state index in [-0.39, 0.29) is 5.79 Å². The molecular formula is C44H79NO2. The highest BCUT2D eigenvalue weighted by molar-refractivity contribution is 4.97. The third-order valence-corrected chi connectivity index (χ3v) is 10.4. The fourth-order valence-electron chi connectivity index (χ4n) is 7.31. The van der Waals surface area contributed by atoms with Gasteiger partial charge in [0.05, 0.1) is 12.2 Å². The zero-order chi connectivity index (χ0) is 33.7. The van der Waals surface area contributed by atoms with Gasteiger partial charge < -0.3 is 14.4 Å². The van der Waals surface area contributed by atoms with Crippen LogP contribution in [0, 0.1) is 0 Å². The van der Waals surface area contributed by atoms with Crippen molar-refractivity contribution in [3.63, 3.8) is 0 Å². The topological polar surface area (TPSA) is 21.7 Å². The molecule has 0 amide bonds. The van der Waals surface area contributed by atoms with Crippen LogP contribution >= 0.6 is 0 Å². The van der Waals surface area contributed by atoms with Gasteiger partial charge in [-0.2, -0.15) is 0 Å². The number of hydrogen-bond donors (Lipinski definition) is 0. The Labute approximate surface area is 294 Å². The normalized spacial score (nSPS) is 21.2. The van der Waals surface area contributed by atoms with Crippen LogP contribution in [0.1, 0.15) is 194 Å². The summed E-state index contributed by atoms with van der Waals surface area (Å²) < 4.78 is 13.7. The van der Waals surface area contributed by atoms with Gasteiger partial charge in [-0.05, 0) is 104 Å². The highest BCUT2D eigenvalue weighted by atomic mass is 16.8. The van der Waals surface area contributed by atoms with E-state index in [0.717, 1.165) is 38.5 Å². The molecule has 2 rings (SSSR count). The summed E-state index contributed by atoms with van der Waals surface area (Å²) >= 11 is 0. The minimum Gasteiger partial charge on any atom is -0.344 e. The summed E-state index contributed by atoms with van der Waals surface area (Å²) in [5.74, 6) is -0.308. The highest BCUT2D eigenvalue weighted by Crippen LogP contribution is 2.44. The second-order valence-electron chi connectivity index (χ2n) is 15.0. The predicted octanol–water partition coefficient (Wildman–Crippen LogP) is 13.6. The van der Waals surface area contributed by atoms with Gasteiger partial charge in [0.2, 0.25) is 0 Å². The zero-order valence-electron chi connectivity index (χ0n) is 31.9. The Hall–Kier alpha value is -1.16. The van der Waals surface area contributed by atoms with Crippen molar-refractivity contribution in [2.45, 2.75) is 218 Å². The van der Waals surface area contributed by atoms with Crippen molar-refractivity contribution in [3.8, 4) is 0 Å². The van der Waals surface area contributed by atoms with Crippen LogP contribution < -0.4 is 0 Å². The SMILES string of the molecule is CCCCC/C=C\C/C=C\CCCCCCCCC1(CCCCCCCC/C=C\C/C=C\CCCCC)O[C@H]2CC(N(C)C)C[C@H]2O1. The van der Waals surface area contributed by atoms with Crippen LogP contribution in [0.5, 0.6) is 0 Å². The molecule has 47 heavy (non-hydrogen) atoms. The summed E-state index contributed by atoms with van der Waals surface area (Å²) in [6, 6.07) is 0.603. The number of unbranched alkanes of at least 4 members (excludes halogenated alkanes) is 18. The summed E-state index contributed by atoms with van der Waals surface area (Å²) in [6.45, 7) is 4.54. The molecule has 3 atom stereocenters. The van der Waals surface area contributed by atoms with Gasteiger partial charge in [-0.25, -0.2) is 0 Å². The van der Waals surface area contributed by atoms with E-state index < -0.39 is 0 Å². The molecule has 0 aromatic rings. The van der Waals surface area contributed by atoms with Gasteiger partial charge in [-0.15, -0.1) is 0 Å². The molecule has 0 aromatic heterocycles. The minimum atomic E-state index is -0.308. The molecule has 3 heteroatoms. The first kappa shape index (κ1) is 42.0. The molecule has 272 valence electrons. The summed E-state index contributed by atoms with van der Waals surface area (Å²) in [7, 11) is 4.40. The van der Waals surface area contributed by atoms with Crippen LogP contribution in [0.2, 0.25) is 0 Å². The van der Waals surface area contributed by atoms with Crippen LogP contribution in [0.15, 0.2) is 48.6 Å². The smallest absolute Gasteiger partial charge is 0.169 e. The van der Waals surface area contributed by atoms with E-state index in [1.54, 1.807) is 0 Å². The summed E-state index contributed by atoms with van der Waals surface area (Å²) in [6.07, 6.45) is 55.0.